The second kappa shape index (κ2) is 5.11. The van der Waals surface area contributed by atoms with Crippen LogP contribution in [-0.2, 0) is 15.5 Å². The highest BCUT2D eigenvalue weighted by atomic mass is 79.9. The van der Waals surface area contributed by atoms with Gasteiger partial charge in [0.15, 0.2) is 0 Å². The normalized spacial score (nSPS) is 16.5. The number of hydrogen-bond acceptors (Lipinski definition) is 3. The molecule has 18 heavy (non-hydrogen) atoms. The second-order valence-corrected chi connectivity index (χ2v) is 5.15. The first-order valence-corrected chi connectivity index (χ1v) is 6.97. The molecule has 1 aromatic carbocycles. The average Bonchev–Trinajstić information content (AvgIpc) is 2.36. The van der Waals surface area contributed by atoms with E-state index in [1.807, 2.05) is 6.07 Å². The fraction of sp³-hybridized carbons (Fsp3) is 0.429. The van der Waals surface area contributed by atoms with Crippen LogP contribution in [-0.4, -0.2) is 13.1 Å². The molecule has 94 valence electrons. The van der Waals surface area contributed by atoms with Crippen molar-refractivity contribution in [2.24, 2.45) is 0 Å². The Morgan fingerprint density at radius 2 is 2.22 bits per heavy atom. The van der Waals surface area contributed by atoms with Crippen molar-refractivity contribution in [3.63, 3.8) is 0 Å². The van der Waals surface area contributed by atoms with Crippen molar-refractivity contribution in [3.05, 3.63) is 34.9 Å². The zero-order valence-electron chi connectivity index (χ0n) is 10.2. The molecule has 1 saturated carbocycles. The van der Waals surface area contributed by atoms with Gasteiger partial charge in [0.1, 0.15) is 0 Å². The lowest BCUT2D eigenvalue weighted by Crippen LogP contribution is -2.32. The van der Waals surface area contributed by atoms with Crippen LogP contribution in [0.25, 0.3) is 0 Å². The van der Waals surface area contributed by atoms with Gasteiger partial charge in [-0.05, 0) is 42.5 Å². The monoisotopic (exact) mass is 307 g/mol. The van der Waals surface area contributed by atoms with Crippen LogP contribution in [0.15, 0.2) is 18.2 Å². The summed E-state index contributed by atoms with van der Waals surface area (Å²) < 4.78 is 4.75. The predicted molar refractivity (Wildman–Crippen MR) is 71.6 cm³/mol. The number of esters is 1. The maximum absolute atomic E-state index is 11.6. The molecule has 1 aliphatic rings. The molecule has 0 heterocycles. The van der Waals surface area contributed by atoms with Crippen LogP contribution >= 0.6 is 15.9 Å². The summed E-state index contributed by atoms with van der Waals surface area (Å²) in [4.78, 5) is 11.6. The van der Waals surface area contributed by atoms with Gasteiger partial charge in [-0.15, -0.1) is 0 Å². The summed E-state index contributed by atoms with van der Waals surface area (Å²) in [6.45, 7) is 0. The van der Waals surface area contributed by atoms with E-state index in [0.717, 1.165) is 30.4 Å². The maximum Gasteiger partial charge on any atom is 0.337 e. The van der Waals surface area contributed by atoms with E-state index >= 15 is 0 Å². The van der Waals surface area contributed by atoms with Crippen molar-refractivity contribution >= 4 is 21.9 Å². The molecule has 0 spiro atoms. The van der Waals surface area contributed by atoms with Gasteiger partial charge in [0, 0.05) is 5.33 Å². The van der Waals surface area contributed by atoms with Crippen molar-refractivity contribution < 1.29 is 9.53 Å². The Morgan fingerprint density at radius 3 is 2.67 bits per heavy atom. The number of benzene rings is 1. The van der Waals surface area contributed by atoms with Crippen molar-refractivity contribution in [2.75, 3.05) is 7.11 Å². The molecule has 1 aromatic rings. The highest BCUT2D eigenvalue weighted by Crippen LogP contribution is 2.43. The minimum absolute atomic E-state index is 0.355. The van der Waals surface area contributed by atoms with Gasteiger partial charge in [-0.3, -0.25) is 0 Å². The van der Waals surface area contributed by atoms with Crippen LogP contribution in [0.1, 0.15) is 40.7 Å². The fourth-order valence-corrected chi connectivity index (χ4v) is 2.60. The zero-order chi connectivity index (χ0) is 13.2. The molecule has 1 aliphatic carbocycles. The number of ether oxygens (including phenoxy) is 1. The summed E-state index contributed by atoms with van der Waals surface area (Å²) in [5.41, 5.74) is 2.05. The number of rotatable bonds is 3. The molecule has 0 aromatic heterocycles. The summed E-state index contributed by atoms with van der Waals surface area (Å²) in [5, 5.41) is 10.0. The maximum atomic E-state index is 11.6. The Bertz CT molecular complexity index is 515. The Kier molecular flexibility index (Phi) is 3.72. The van der Waals surface area contributed by atoms with Crippen LogP contribution in [0.2, 0.25) is 0 Å². The number of nitrogens with zero attached hydrogens (tertiary/aromatic N) is 1. The van der Waals surface area contributed by atoms with Crippen molar-refractivity contribution in [1.29, 1.82) is 5.26 Å². The minimum atomic E-state index is -0.402. The van der Waals surface area contributed by atoms with E-state index in [-0.39, 0.29) is 5.97 Å². The molecule has 0 radical (unpaired) electrons. The predicted octanol–water partition coefficient (Wildman–Crippen LogP) is 3.31. The Hall–Kier alpha value is -1.34. The van der Waals surface area contributed by atoms with Gasteiger partial charge in [-0.25, -0.2) is 4.79 Å². The van der Waals surface area contributed by atoms with E-state index in [9.17, 15) is 10.1 Å². The Labute approximate surface area is 115 Å². The van der Waals surface area contributed by atoms with Crippen molar-refractivity contribution in [2.45, 2.75) is 30.0 Å². The van der Waals surface area contributed by atoms with E-state index < -0.39 is 5.41 Å². The molecule has 0 amide bonds. The summed E-state index contributed by atoms with van der Waals surface area (Å²) in [5.74, 6) is -0.355. The van der Waals surface area contributed by atoms with Crippen LogP contribution in [0.5, 0.6) is 0 Å². The first kappa shape index (κ1) is 13.1. The van der Waals surface area contributed by atoms with Crippen LogP contribution in [0.4, 0.5) is 0 Å². The van der Waals surface area contributed by atoms with Crippen LogP contribution < -0.4 is 0 Å². The highest BCUT2D eigenvalue weighted by molar-refractivity contribution is 9.08. The number of carbonyl (C=O) groups is 1. The van der Waals surface area contributed by atoms with E-state index in [2.05, 4.69) is 22.0 Å². The Morgan fingerprint density at radius 1 is 1.50 bits per heavy atom. The molecule has 3 nitrogen and oxygen atoms in total. The van der Waals surface area contributed by atoms with Gasteiger partial charge in [0.05, 0.1) is 24.2 Å². The third kappa shape index (κ3) is 2.15. The first-order chi connectivity index (χ1) is 8.65. The molecule has 2 rings (SSSR count). The van der Waals surface area contributed by atoms with E-state index in [4.69, 9.17) is 4.74 Å². The third-order valence-electron chi connectivity index (χ3n) is 3.54. The lowest BCUT2D eigenvalue weighted by atomic mass is 9.65. The lowest BCUT2D eigenvalue weighted by molar-refractivity contribution is 0.0600. The number of hydrogen-bond donors (Lipinski definition) is 0. The molecule has 0 aliphatic heterocycles. The van der Waals surface area contributed by atoms with Crippen LogP contribution in [0, 0.1) is 11.3 Å². The molecular weight excluding hydrogens is 294 g/mol. The molecule has 0 unspecified atom stereocenters. The number of carbonyl (C=O) groups excluding carboxylic acids is 1. The van der Waals surface area contributed by atoms with Gasteiger partial charge in [-0.2, -0.15) is 5.26 Å². The topological polar surface area (TPSA) is 50.1 Å². The Balaban J connectivity index is 2.48. The number of methoxy groups -OCH3 is 1. The standard InChI is InChI=1S/C14H14BrNO2/c1-18-13(17)11-5-10(8-15)6-12(7-11)14(9-16)3-2-4-14/h5-7H,2-4,8H2,1H3. The smallest absolute Gasteiger partial charge is 0.337 e. The van der Waals surface area contributed by atoms with Crippen molar-refractivity contribution in [1.82, 2.24) is 0 Å². The van der Waals surface area contributed by atoms with Gasteiger partial charge in [-0.1, -0.05) is 22.0 Å². The average molecular weight is 308 g/mol. The molecule has 1 fully saturated rings. The summed E-state index contributed by atoms with van der Waals surface area (Å²) in [6.07, 6.45) is 2.81. The largest absolute Gasteiger partial charge is 0.465 e. The fourth-order valence-electron chi connectivity index (χ4n) is 2.28. The molecule has 0 atom stereocenters. The van der Waals surface area contributed by atoms with Gasteiger partial charge >= 0.3 is 5.97 Å². The number of nitriles is 1. The summed E-state index contributed by atoms with van der Waals surface area (Å²) >= 11 is 3.39. The molecule has 4 heteroatoms. The van der Waals surface area contributed by atoms with E-state index in [1.54, 1.807) is 12.1 Å². The summed E-state index contributed by atoms with van der Waals surface area (Å²) in [6, 6.07) is 7.99. The molecule has 0 saturated heterocycles. The molecular formula is C14H14BrNO2. The SMILES string of the molecule is COC(=O)c1cc(CBr)cc(C2(C#N)CCC2)c1. The number of halogens is 1. The van der Waals surface area contributed by atoms with Gasteiger partial charge in [0.25, 0.3) is 0 Å². The first-order valence-electron chi connectivity index (χ1n) is 5.85. The zero-order valence-corrected chi connectivity index (χ0v) is 11.8. The highest BCUT2D eigenvalue weighted by Gasteiger charge is 2.39. The van der Waals surface area contributed by atoms with E-state index in [1.165, 1.54) is 7.11 Å². The molecule has 0 N–H and O–H groups in total. The second-order valence-electron chi connectivity index (χ2n) is 4.59. The van der Waals surface area contributed by atoms with Crippen LogP contribution in [0.3, 0.4) is 0 Å². The quantitative estimate of drug-likeness (QED) is 0.636. The summed E-state index contributed by atoms with van der Waals surface area (Å²) in [7, 11) is 1.37. The van der Waals surface area contributed by atoms with E-state index in [0.29, 0.717) is 10.9 Å². The lowest BCUT2D eigenvalue weighted by Gasteiger charge is -2.36. The molecule has 0 bridgehead atoms. The van der Waals surface area contributed by atoms with Gasteiger partial charge < -0.3 is 4.74 Å². The third-order valence-corrected chi connectivity index (χ3v) is 4.19. The minimum Gasteiger partial charge on any atom is -0.465 e. The number of alkyl halides is 1. The van der Waals surface area contributed by atoms with Gasteiger partial charge in [0.2, 0.25) is 0 Å². The van der Waals surface area contributed by atoms with Crippen molar-refractivity contribution in [3.8, 4) is 6.07 Å².